The van der Waals surface area contributed by atoms with E-state index in [0.717, 1.165) is 12.8 Å². The highest BCUT2D eigenvalue weighted by Gasteiger charge is 2.26. The molecule has 1 aromatic rings. The molecule has 0 fully saturated rings. The largest absolute Gasteiger partial charge is 0.478 e. The van der Waals surface area contributed by atoms with Gasteiger partial charge in [-0.2, -0.15) is 4.31 Å². The van der Waals surface area contributed by atoms with Crippen molar-refractivity contribution in [2.24, 2.45) is 0 Å². The van der Waals surface area contributed by atoms with Gasteiger partial charge in [0.15, 0.2) is 0 Å². The first-order chi connectivity index (χ1) is 9.75. The van der Waals surface area contributed by atoms with Crippen LogP contribution in [0.2, 0.25) is 0 Å². The lowest BCUT2D eigenvalue weighted by molar-refractivity contribution is 0.0696. The van der Waals surface area contributed by atoms with Gasteiger partial charge in [-0.1, -0.05) is 19.9 Å². The number of rotatable bonds is 7. The fourth-order valence-corrected chi connectivity index (χ4v) is 4.19. The van der Waals surface area contributed by atoms with Crippen molar-refractivity contribution in [2.45, 2.75) is 45.4 Å². The zero-order valence-electron chi connectivity index (χ0n) is 13.0. The van der Waals surface area contributed by atoms with E-state index >= 15 is 0 Å². The number of hydrogen-bond donors (Lipinski definition) is 1. The number of nitrogens with zero attached hydrogens (tertiary/aromatic N) is 1. The fourth-order valence-electron chi connectivity index (χ4n) is 2.33. The van der Waals surface area contributed by atoms with Crippen LogP contribution >= 0.6 is 0 Å². The average molecular weight is 313 g/mol. The van der Waals surface area contributed by atoms with E-state index in [1.807, 2.05) is 13.8 Å². The summed E-state index contributed by atoms with van der Waals surface area (Å²) in [5.74, 6) is -1.11. The van der Waals surface area contributed by atoms with Crippen LogP contribution in [0, 0.1) is 13.8 Å². The normalized spacial score (nSPS) is 11.9. The fraction of sp³-hybridized carbons (Fsp3) is 0.533. The van der Waals surface area contributed by atoms with Gasteiger partial charge in [-0.05, 0) is 43.9 Å². The summed E-state index contributed by atoms with van der Waals surface area (Å²) in [4.78, 5) is 11.3. The van der Waals surface area contributed by atoms with Gasteiger partial charge in [-0.25, -0.2) is 13.2 Å². The van der Waals surface area contributed by atoms with Gasteiger partial charge in [0, 0.05) is 13.1 Å². The molecule has 0 bridgehead atoms. The van der Waals surface area contributed by atoms with Gasteiger partial charge in [0.05, 0.1) is 10.5 Å². The lowest BCUT2D eigenvalue weighted by Gasteiger charge is -2.22. The topological polar surface area (TPSA) is 74.7 Å². The highest BCUT2D eigenvalue weighted by molar-refractivity contribution is 7.89. The Balaban J connectivity index is 3.42. The Kier molecular flexibility index (Phi) is 5.92. The maximum atomic E-state index is 12.8. The Hall–Kier alpha value is -1.40. The summed E-state index contributed by atoms with van der Waals surface area (Å²) in [6.07, 6.45) is 1.44. The van der Waals surface area contributed by atoms with Crippen LogP contribution in [0.3, 0.4) is 0 Å². The van der Waals surface area contributed by atoms with Crippen LogP contribution in [-0.2, 0) is 10.0 Å². The van der Waals surface area contributed by atoms with Crippen molar-refractivity contribution >= 4 is 16.0 Å². The molecule has 0 heterocycles. The van der Waals surface area contributed by atoms with E-state index in [1.165, 1.54) is 10.4 Å². The summed E-state index contributed by atoms with van der Waals surface area (Å²) in [6.45, 7) is 8.08. The minimum Gasteiger partial charge on any atom is -0.478 e. The average Bonchev–Trinajstić information content (AvgIpc) is 2.37. The lowest BCUT2D eigenvalue weighted by atomic mass is 10.1. The van der Waals surface area contributed by atoms with Gasteiger partial charge >= 0.3 is 5.97 Å². The van der Waals surface area contributed by atoms with Crippen LogP contribution < -0.4 is 0 Å². The molecule has 0 aliphatic carbocycles. The zero-order chi connectivity index (χ0) is 16.2. The van der Waals surface area contributed by atoms with E-state index in [-0.39, 0.29) is 10.5 Å². The molecule has 0 saturated heterocycles. The third kappa shape index (κ3) is 3.83. The number of hydrogen-bond acceptors (Lipinski definition) is 3. The third-order valence-electron chi connectivity index (χ3n) is 3.32. The van der Waals surface area contributed by atoms with E-state index < -0.39 is 16.0 Å². The smallest absolute Gasteiger partial charge is 0.335 e. The van der Waals surface area contributed by atoms with E-state index in [1.54, 1.807) is 19.9 Å². The second kappa shape index (κ2) is 7.04. The van der Waals surface area contributed by atoms with Crippen LogP contribution in [0.5, 0.6) is 0 Å². The summed E-state index contributed by atoms with van der Waals surface area (Å²) >= 11 is 0. The van der Waals surface area contributed by atoms with Crippen molar-refractivity contribution < 1.29 is 18.3 Å². The van der Waals surface area contributed by atoms with E-state index in [4.69, 9.17) is 0 Å². The monoisotopic (exact) mass is 313 g/mol. The Morgan fingerprint density at radius 2 is 1.62 bits per heavy atom. The van der Waals surface area contributed by atoms with Crippen molar-refractivity contribution in [3.63, 3.8) is 0 Å². The summed E-state index contributed by atoms with van der Waals surface area (Å²) in [6, 6.07) is 2.90. The van der Waals surface area contributed by atoms with Crippen LogP contribution in [0.15, 0.2) is 17.0 Å². The predicted octanol–water partition coefficient (Wildman–Crippen LogP) is 2.81. The molecule has 0 amide bonds. The summed E-state index contributed by atoms with van der Waals surface area (Å²) in [5.41, 5.74) is 1.18. The Bertz CT molecular complexity index is 617. The lowest BCUT2D eigenvalue weighted by Crippen LogP contribution is -2.33. The molecule has 0 saturated carbocycles. The van der Waals surface area contributed by atoms with E-state index in [9.17, 15) is 18.3 Å². The first-order valence-electron chi connectivity index (χ1n) is 7.10. The Morgan fingerprint density at radius 1 is 1.10 bits per heavy atom. The quantitative estimate of drug-likeness (QED) is 0.840. The Labute approximate surface area is 126 Å². The molecule has 0 aliphatic rings. The minimum atomic E-state index is -3.66. The first-order valence-corrected chi connectivity index (χ1v) is 8.54. The molecule has 21 heavy (non-hydrogen) atoms. The van der Waals surface area contributed by atoms with Crippen LogP contribution in [0.4, 0.5) is 0 Å². The second-order valence-electron chi connectivity index (χ2n) is 5.14. The van der Waals surface area contributed by atoms with Gasteiger partial charge in [-0.3, -0.25) is 0 Å². The number of carbonyl (C=O) groups is 1. The van der Waals surface area contributed by atoms with Crippen molar-refractivity contribution in [2.75, 3.05) is 13.1 Å². The SMILES string of the molecule is CCCN(CCC)S(=O)(=O)c1cc(C(=O)O)c(C)cc1C. The van der Waals surface area contributed by atoms with Gasteiger partial charge in [-0.15, -0.1) is 0 Å². The van der Waals surface area contributed by atoms with Crippen LogP contribution in [0.25, 0.3) is 0 Å². The number of carboxylic acids is 1. The summed E-state index contributed by atoms with van der Waals surface area (Å²) in [7, 11) is -3.66. The van der Waals surface area contributed by atoms with E-state index in [0.29, 0.717) is 24.2 Å². The molecule has 0 aromatic heterocycles. The second-order valence-corrected chi connectivity index (χ2v) is 7.05. The number of carboxylic acid groups (broad SMARTS) is 1. The maximum absolute atomic E-state index is 12.8. The summed E-state index contributed by atoms with van der Waals surface area (Å²) < 4.78 is 26.9. The molecule has 0 radical (unpaired) electrons. The molecule has 1 rings (SSSR count). The Morgan fingerprint density at radius 3 is 2.05 bits per heavy atom. The van der Waals surface area contributed by atoms with Crippen molar-refractivity contribution in [3.8, 4) is 0 Å². The van der Waals surface area contributed by atoms with Gasteiger partial charge in [0.2, 0.25) is 10.0 Å². The highest BCUT2D eigenvalue weighted by atomic mass is 32.2. The first kappa shape index (κ1) is 17.7. The molecular weight excluding hydrogens is 290 g/mol. The van der Waals surface area contributed by atoms with Crippen LogP contribution in [-0.4, -0.2) is 36.9 Å². The number of aromatic carboxylic acids is 1. The molecule has 0 unspecified atom stereocenters. The maximum Gasteiger partial charge on any atom is 0.335 e. The van der Waals surface area contributed by atoms with Gasteiger partial charge in [0.1, 0.15) is 0 Å². The molecule has 0 spiro atoms. The number of aryl methyl sites for hydroxylation is 2. The predicted molar refractivity (Wildman–Crippen MR) is 82.2 cm³/mol. The molecular formula is C15H23NO4S. The standard InChI is InChI=1S/C15H23NO4S/c1-5-7-16(8-6-2)21(19,20)14-10-13(15(17)18)11(3)9-12(14)4/h9-10H,5-8H2,1-4H3,(H,17,18). The van der Waals surface area contributed by atoms with Crippen molar-refractivity contribution in [3.05, 3.63) is 28.8 Å². The summed E-state index contributed by atoms with van der Waals surface area (Å²) in [5, 5.41) is 9.18. The molecule has 6 heteroatoms. The number of sulfonamides is 1. The molecule has 1 N–H and O–H groups in total. The number of benzene rings is 1. The molecule has 0 aliphatic heterocycles. The van der Waals surface area contributed by atoms with Crippen molar-refractivity contribution in [1.82, 2.24) is 4.31 Å². The minimum absolute atomic E-state index is 0.0344. The molecule has 5 nitrogen and oxygen atoms in total. The van der Waals surface area contributed by atoms with Crippen molar-refractivity contribution in [1.29, 1.82) is 0 Å². The molecule has 1 aromatic carbocycles. The molecule has 0 atom stereocenters. The van der Waals surface area contributed by atoms with E-state index in [2.05, 4.69) is 0 Å². The third-order valence-corrected chi connectivity index (χ3v) is 5.36. The zero-order valence-corrected chi connectivity index (χ0v) is 13.8. The van der Waals surface area contributed by atoms with Gasteiger partial charge in [0.25, 0.3) is 0 Å². The van der Waals surface area contributed by atoms with Gasteiger partial charge < -0.3 is 5.11 Å². The highest BCUT2D eigenvalue weighted by Crippen LogP contribution is 2.24. The molecule has 118 valence electrons. The van der Waals surface area contributed by atoms with Crippen LogP contribution in [0.1, 0.15) is 48.2 Å².